The first kappa shape index (κ1) is 6.73. The van der Waals surface area contributed by atoms with Crippen molar-refractivity contribution in [3.8, 4) is 0 Å². The highest BCUT2D eigenvalue weighted by atomic mass is 16.4. The first-order valence-electron chi connectivity index (χ1n) is 2.62. The van der Waals surface area contributed by atoms with E-state index in [1.54, 1.807) is 0 Å². The van der Waals surface area contributed by atoms with Crippen molar-refractivity contribution in [2.75, 3.05) is 0 Å². The third-order valence-corrected chi connectivity index (χ3v) is 1.21. The molecule has 1 N–H and O–H groups in total. The molecule has 0 saturated carbocycles. The Morgan fingerprint density at radius 3 is 2.40 bits per heavy atom. The summed E-state index contributed by atoms with van der Waals surface area (Å²) in [4.78, 5) is 30.9. The van der Waals surface area contributed by atoms with Crippen LogP contribution in [-0.2, 0) is 14.4 Å². The SMILES string of the molecule is O=C1CC(C(=O)O)C(=O)[N]1. The minimum absolute atomic E-state index is 0.284. The number of hydrogen-bond acceptors (Lipinski definition) is 3. The lowest BCUT2D eigenvalue weighted by molar-refractivity contribution is -0.145. The molecule has 1 fully saturated rings. The lowest BCUT2D eigenvalue weighted by Crippen LogP contribution is -2.21. The predicted molar refractivity (Wildman–Crippen MR) is 27.9 cm³/mol. The molecule has 1 aliphatic heterocycles. The van der Waals surface area contributed by atoms with Crippen LogP contribution in [0.4, 0.5) is 0 Å². The molecule has 2 amide bonds. The van der Waals surface area contributed by atoms with Crippen LogP contribution in [0.5, 0.6) is 0 Å². The topological polar surface area (TPSA) is 85.5 Å². The summed E-state index contributed by atoms with van der Waals surface area (Å²) in [5.74, 6) is -3.98. The van der Waals surface area contributed by atoms with Gasteiger partial charge >= 0.3 is 5.97 Å². The van der Waals surface area contributed by atoms with Crippen LogP contribution in [0.3, 0.4) is 0 Å². The van der Waals surface area contributed by atoms with Gasteiger partial charge in [-0.3, -0.25) is 14.4 Å². The molecule has 0 spiro atoms. The van der Waals surface area contributed by atoms with Crippen molar-refractivity contribution in [3.63, 3.8) is 0 Å². The Bertz CT molecular complexity index is 210. The predicted octanol–water partition coefficient (Wildman–Crippen LogP) is -1.25. The molecule has 0 bridgehead atoms. The second-order valence-corrected chi connectivity index (χ2v) is 1.94. The van der Waals surface area contributed by atoms with Gasteiger partial charge in [-0.05, 0) is 0 Å². The lowest BCUT2D eigenvalue weighted by atomic mass is 10.1. The largest absolute Gasteiger partial charge is 0.481 e. The van der Waals surface area contributed by atoms with Crippen molar-refractivity contribution in [1.29, 1.82) is 0 Å². The van der Waals surface area contributed by atoms with Crippen LogP contribution in [0.2, 0.25) is 0 Å². The molecule has 0 aliphatic carbocycles. The second kappa shape index (κ2) is 2.09. The van der Waals surface area contributed by atoms with Crippen LogP contribution < -0.4 is 5.32 Å². The number of nitrogens with zero attached hydrogens (tertiary/aromatic N) is 1. The van der Waals surface area contributed by atoms with Gasteiger partial charge in [-0.1, -0.05) is 0 Å². The summed E-state index contributed by atoms with van der Waals surface area (Å²) in [7, 11) is 0. The van der Waals surface area contributed by atoms with E-state index in [0.717, 1.165) is 0 Å². The van der Waals surface area contributed by atoms with Crippen molar-refractivity contribution in [2.45, 2.75) is 6.42 Å². The first-order valence-corrected chi connectivity index (χ1v) is 2.62. The molecule has 5 heteroatoms. The van der Waals surface area contributed by atoms with Gasteiger partial charge in [-0.2, -0.15) is 5.32 Å². The molecular formula is C5H4NO4. The van der Waals surface area contributed by atoms with E-state index in [0.29, 0.717) is 0 Å². The lowest BCUT2D eigenvalue weighted by Gasteiger charge is -1.93. The molecule has 0 aromatic rings. The summed E-state index contributed by atoms with van der Waals surface area (Å²) < 4.78 is 0. The smallest absolute Gasteiger partial charge is 0.316 e. The summed E-state index contributed by atoms with van der Waals surface area (Å²) in [5.41, 5.74) is 0. The molecule has 0 aromatic carbocycles. The Morgan fingerprint density at radius 1 is 1.60 bits per heavy atom. The van der Waals surface area contributed by atoms with Crippen LogP contribution in [0.25, 0.3) is 0 Å². The minimum atomic E-state index is -1.28. The molecule has 1 heterocycles. The molecule has 5 nitrogen and oxygen atoms in total. The van der Waals surface area contributed by atoms with Gasteiger partial charge in [0.25, 0.3) is 5.91 Å². The van der Waals surface area contributed by atoms with Crippen molar-refractivity contribution in [2.24, 2.45) is 5.92 Å². The Kier molecular flexibility index (Phi) is 1.41. The average Bonchev–Trinajstić information content (AvgIpc) is 2.10. The third kappa shape index (κ3) is 0.975. The van der Waals surface area contributed by atoms with E-state index in [-0.39, 0.29) is 6.42 Å². The normalized spacial score (nSPS) is 24.6. The number of carbonyl (C=O) groups excluding carboxylic acids is 2. The van der Waals surface area contributed by atoms with Gasteiger partial charge in [0.1, 0.15) is 5.92 Å². The summed E-state index contributed by atoms with van der Waals surface area (Å²) in [5, 5.41) is 11.2. The Balaban J connectivity index is 2.72. The molecule has 1 atom stereocenters. The molecule has 10 heavy (non-hydrogen) atoms. The van der Waals surface area contributed by atoms with Gasteiger partial charge < -0.3 is 5.11 Å². The maximum atomic E-state index is 10.5. The zero-order chi connectivity index (χ0) is 7.72. The van der Waals surface area contributed by atoms with Gasteiger partial charge in [-0.15, -0.1) is 0 Å². The number of imide groups is 1. The standard InChI is InChI=1S/C5H4NO4/c7-3-1-2(5(9)10)4(8)6-3/h2H,1H2,(H,9,10). The number of carbonyl (C=O) groups is 3. The van der Waals surface area contributed by atoms with Crippen molar-refractivity contribution >= 4 is 17.8 Å². The highest BCUT2D eigenvalue weighted by Gasteiger charge is 2.37. The fourth-order valence-electron chi connectivity index (χ4n) is 0.701. The van der Waals surface area contributed by atoms with Crippen molar-refractivity contribution < 1.29 is 19.5 Å². The zero-order valence-corrected chi connectivity index (χ0v) is 4.90. The molecule has 1 saturated heterocycles. The molecule has 0 aromatic heterocycles. The van der Waals surface area contributed by atoms with Crippen LogP contribution in [0.1, 0.15) is 6.42 Å². The van der Waals surface area contributed by atoms with E-state index in [1.165, 1.54) is 0 Å². The highest BCUT2D eigenvalue weighted by Crippen LogP contribution is 2.11. The highest BCUT2D eigenvalue weighted by molar-refractivity contribution is 6.11. The maximum absolute atomic E-state index is 10.5. The Hall–Kier alpha value is -1.39. The van der Waals surface area contributed by atoms with Gasteiger partial charge in [0, 0.05) is 0 Å². The number of amides is 2. The second-order valence-electron chi connectivity index (χ2n) is 1.94. The first-order chi connectivity index (χ1) is 4.61. The average molecular weight is 142 g/mol. The van der Waals surface area contributed by atoms with Crippen molar-refractivity contribution in [3.05, 3.63) is 0 Å². The van der Waals surface area contributed by atoms with Gasteiger partial charge in [-0.25, -0.2) is 0 Å². The number of carboxylic acid groups (broad SMARTS) is 1. The monoisotopic (exact) mass is 142 g/mol. The molecule has 1 rings (SSSR count). The van der Waals surface area contributed by atoms with E-state index in [2.05, 4.69) is 5.32 Å². The summed E-state index contributed by atoms with van der Waals surface area (Å²) >= 11 is 0. The maximum Gasteiger partial charge on any atom is 0.316 e. The van der Waals surface area contributed by atoms with Crippen LogP contribution in [-0.4, -0.2) is 22.9 Å². The Labute approximate surface area is 56.0 Å². The van der Waals surface area contributed by atoms with Crippen LogP contribution >= 0.6 is 0 Å². The minimum Gasteiger partial charge on any atom is -0.481 e. The Morgan fingerprint density at radius 2 is 2.20 bits per heavy atom. The van der Waals surface area contributed by atoms with Gasteiger partial charge in [0.15, 0.2) is 0 Å². The molecular weight excluding hydrogens is 138 g/mol. The van der Waals surface area contributed by atoms with Crippen molar-refractivity contribution in [1.82, 2.24) is 5.32 Å². The summed E-state index contributed by atoms with van der Waals surface area (Å²) in [6.45, 7) is 0. The third-order valence-electron chi connectivity index (χ3n) is 1.21. The number of hydrogen-bond donors (Lipinski definition) is 1. The van der Waals surface area contributed by atoms with E-state index < -0.39 is 23.7 Å². The molecule has 1 unspecified atom stereocenters. The zero-order valence-electron chi connectivity index (χ0n) is 4.90. The molecule has 53 valence electrons. The molecule has 1 radical (unpaired) electrons. The number of rotatable bonds is 1. The van der Waals surface area contributed by atoms with E-state index in [9.17, 15) is 14.4 Å². The fraction of sp³-hybridized carbons (Fsp3) is 0.400. The van der Waals surface area contributed by atoms with E-state index in [1.807, 2.05) is 0 Å². The van der Waals surface area contributed by atoms with Crippen LogP contribution in [0.15, 0.2) is 0 Å². The van der Waals surface area contributed by atoms with Gasteiger partial charge in [0.2, 0.25) is 5.91 Å². The molecule has 1 aliphatic rings. The number of carboxylic acids is 1. The van der Waals surface area contributed by atoms with E-state index in [4.69, 9.17) is 5.11 Å². The summed E-state index contributed by atoms with van der Waals surface area (Å²) in [6, 6.07) is 0. The van der Waals surface area contributed by atoms with E-state index >= 15 is 0 Å². The fourth-order valence-corrected chi connectivity index (χ4v) is 0.701. The number of aliphatic carboxylic acids is 1. The quantitative estimate of drug-likeness (QED) is 0.366. The van der Waals surface area contributed by atoms with Crippen LogP contribution in [0, 0.1) is 5.92 Å². The summed E-state index contributed by atoms with van der Waals surface area (Å²) in [6.07, 6.45) is -0.284. The van der Waals surface area contributed by atoms with Gasteiger partial charge in [0.05, 0.1) is 6.42 Å².